The maximum Gasteiger partial charge on any atom is 0.501 e. The highest BCUT2D eigenvalue weighted by atomic mass is 32.2. The van der Waals surface area contributed by atoms with Crippen molar-refractivity contribution in [3.8, 4) is 0 Å². The van der Waals surface area contributed by atoms with Crippen molar-refractivity contribution >= 4 is 50.8 Å². The molecule has 3 aromatic carbocycles. The second-order valence-corrected chi connectivity index (χ2v) is 20.6. The number of nitrogens with zero attached hydrogens (tertiary/aromatic N) is 3. The van der Waals surface area contributed by atoms with E-state index >= 15 is 0 Å². The largest absolute Gasteiger partial charge is 0.501 e. The predicted octanol–water partition coefficient (Wildman–Crippen LogP) is 10.3. The van der Waals surface area contributed by atoms with Crippen molar-refractivity contribution in [3.05, 3.63) is 103 Å². The molecule has 0 bridgehead atoms. The number of benzene rings is 3. The first-order valence-electron chi connectivity index (χ1n) is 21.5. The van der Waals surface area contributed by atoms with Gasteiger partial charge in [-0.15, -0.1) is 24.9 Å². The molecule has 0 radical (unpaired) electrons. The molecule has 1 aliphatic carbocycles. The Morgan fingerprint density at radius 3 is 2.29 bits per heavy atom. The zero-order valence-electron chi connectivity index (χ0n) is 36.8. The van der Waals surface area contributed by atoms with E-state index in [1.54, 1.807) is 23.3 Å². The third-order valence-electron chi connectivity index (χ3n) is 11.4. The highest BCUT2D eigenvalue weighted by molar-refractivity contribution is 7.99. The SMILES string of the molecule is C=C.CCCCCC1=C(CN2CCN(c3ccc(C(=O)NSc4ccc(NC(CCN(C)CCO)CSc5ccccc5)c(S(=O)(=O)C(F)(F)F)c4)cc3)CC2)CCC(C)(C)C1. The van der Waals surface area contributed by atoms with Crippen molar-refractivity contribution in [3.63, 3.8) is 0 Å². The van der Waals surface area contributed by atoms with E-state index in [2.05, 4.69) is 53.8 Å². The molecule has 1 unspecified atom stereocenters. The molecule has 3 aromatic rings. The molecule has 1 aliphatic heterocycles. The lowest BCUT2D eigenvalue weighted by Crippen LogP contribution is -2.47. The molecule has 1 amide bonds. The minimum Gasteiger partial charge on any atom is -0.395 e. The van der Waals surface area contributed by atoms with Gasteiger partial charge in [0.2, 0.25) is 0 Å². The topological polar surface area (TPSA) is 105 Å². The molecule has 2 aliphatic rings. The van der Waals surface area contributed by atoms with Crippen LogP contribution in [0.3, 0.4) is 0 Å². The van der Waals surface area contributed by atoms with Crippen LogP contribution in [0.2, 0.25) is 0 Å². The number of rotatable bonds is 21. The second kappa shape index (κ2) is 24.6. The number of aliphatic hydroxyl groups excluding tert-OH is 1. The Bertz CT molecular complexity index is 1990. The Morgan fingerprint density at radius 1 is 0.952 bits per heavy atom. The summed E-state index contributed by atoms with van der Waals surface area (Å²) in [7, 11) is -3.93. The molecular weight excluding hydrogens is 852 g/mol. The van der Waals surface area contributed by atoms with Crippen molar-refractivity contribution in [1.82, 2.24) is 14.5 Å². The second-order valence-electron chi connectivity index (χ2n) is 16.7. The summed E-state index contributed by atoms with van der Waals surface area (Å²) in [4.78, 5) is 20.2. The van der Waals surface area contributed by atoms with Gasteiger partial charge in [-0.2, -0.15) is 13.2 Å². The number of hydrogen-bond donors (Lipinski definition) is 3. The number of hydrogen-bond acceptors (Lipinski definition) is 10. The molecule has 1 saturated heterocycles. The maximum atomic E-state index is 14.0. The van der Waals surface area contributed by atoms with Gasteiger partial charge in [-0.1, -0.05) is 63.0 Å². The smallest absolute Gasteiger partial charge is 0.395 e. The van der Waals surface area contributed by atoms with Gasteiger partial charge in [0.05, 0.1) is 12.3 Å². The predicted molar refractivity (Wildman–Crippen MR) is 252 cm³/mol. The van der Waals surface area contributed by atoms with Gasteiger partial charge < -0.3 is 20.2 Å². The molecule has 342 valence electrons. The summed E-state index contributed by atoms with van der Waals surface area (Å²) in [5.41, 5.74) is -0.614. The number of unbranched alkanes of at least 4 members (excludes halogenated alkanes) is 2. The van der Waals surface area contributed by atoms with Crippen LogP contribution in [0.1, 0.15) is 82.5 Å². The summed E-state index contributed by atoms with van der Waals surface area (Å²) in [5.74, 6) is -0.0104. The molecule has 0 aromatic heterocycles. The Hall–Kier alpha value is -3.47. The van der Waals surface area contributed by atoms with Crippen LogP contribution >= 0.6 is 23.7 Å². The first-order chi connectivity index (χ1) is 29.6. The third kappa shape index (κ3) is 15.4. The van der Waals surface area contributed by atoms with Crippen LogP contribution in [-0.2, 0) is 9.84 Å². The fourth-order valence-electron chi connectivity index (χ4n) is 7.75. The number of halogens is 3. The number of amides is 1. The number of aliphatic hydroxyl groups is 1. The van der Waals surface area contributed by atoms with E-state index in [1.807, 2.05) is 54.4 Å². The lowest BCUT2D eigenvalue weighted by molar-refractivity contribution is -0.0435. The number of carbonyl (C=O) groups excluding carboxylic acids is 1. The van der Waals surface area contributed by atoms with Crippen LogP contribution in [0.4, 0.5) is 24.5 Å². The van der Waals surface area contributed by atoms with Crippen LogP contribution in [0.25, 0.3) is 0 Å². The van der Waals surface area contributed by atoms with Crippen LogP contribution in [-0.4, -0.2) is 106 Å². The first kappa shape index (κ1) is 51.2. The van der Waals surface area contributed by atoms with E-state index < -0.39 is 32.2 Å². The van der Waals surface area contributed by atoms with Gasteiger partial charge in [-0.05, 0) is 124 Å². The van der Waals surface area contributed by atoms with Gasteiger partial charge in [0.15, 0.2) is 0 Å². The van der Waals surface area contributed by atoms with Gasteiger partial charge in [0, 0.05) is 72.1 Å². The Morgan fingerprint density at radius 2 is 1.65 bits per heavy atom. The summed E-state index contributed by atoms with van der Waals surface area (Å²) in [6.45, 7) is 18.7. The van der Waals surface area contributed by atoms with Gasteiger partial charge >= 0.3 is 5.51 Å². The average Bonchev–Trinajstić information content (AvgIpc) is 3.26. The van der Waals surface area contributed by atoms with Gasteiger partial charge in [0.25, 0.3) is 15.7 Å². The Balaban J connectivity index is 0.00000416. The summed E-state index contributed by atoms with van der Waals surface area (Å²) >= 11 is 2.26. The number of anilines is 2. The molecule has 62 heavy (non-hydrogen) atoms. The lowest BCUT2D eigenvalue weighted by Gasteiger charge is -2.39. The molecule has 15 heteroatoms. The minimum absolute atomic E-state index is 0.0438. The van der Waals surface area contributed by atoms with Crippen LogP contribution in [0.5, 0.6) is 0 Å². The molecule has 1 heterocycles. The van der Waals surface area contributed by atoms with E-state index in [0.717, 1.165) is 61.3 Å². The molecule has 1 atom stereocenters. The fourth-order valence-corrected chi connectivity index (χ4v) is 10.4. The number of allylic oxidation sites excluding steroid dienone is 1. The van der Waals surface area contributed by atoms with E-state index in [0.29, 0.717) is 36.2 Å². The van der Waals surface area contributed by atoms with E-state index in [4.69, 9.17) is 0 Å². The zero-order valence-corrected chi connectivity index (χ0v) is 39.3. The van der Waals surface area contributed by atoms with Crippen molar-refractivity contribution in [2.45, 2.75) is 98.4 Å². The van der Waals surface area contributed by atoms with Gasteiger partial charge in [-0.3, -0.25) is 14.4 Å². The normalized spacial score (nSPS) is 16.4. The average molecular weight is 918 g/mol. The maximum absolute atomic E-state index is 14.0. The van der Waals surface area contributed by atoms with Crippen molar-refractivity contribution in [2.75, 3.05) is 75.4 Å². The standard InChI is InChI=1S/C45H62F3N5O4S3.C2H4/c1-5-6-8-11-35-31-44(2,3)22-20-36(35)32-52-24-26-53(27-25-52)38-16-14-34(15-17-38)43(55)50-59-40-18-19-41(42(30-40)60(56,57)45(46,47)48)49-37(21-23-51(4)28-29-54)33-58-39-12-9-7-10-13-39;1-2/h7,9-10,12-19,30,37,49,54H,5-6,8,11,20-29,31-33H2,1-4H3,(H,50,55);1-2H2. The van der Waals surface area contributed by atoms with E-state index in [9.17, 15) is 31.5 Å². The molecule has 5 rings (SSSR count). The van der Waals surface area contributed by atoms with Gasteiger partial charge in [0.1, 0.15) is 4.90 Å². The highest BCUT2D eigenvalue weighted by Crippen LogP contribution is 2.41. The Kier molecular flexibility index (Phi) is 20.3. The van der Waals surface area contributed by atoms with E-state index in [1.165, 1.54) is 68.8 Å². The number of thioether (sulfide) groups is 1. The number of carbonyl (C=O) groups is 1. The summed E-state index contributed by atoms with van der Waals surface area (Å²) in [5, 5.41) is 12.4. The fraction of sp³-hybridized carbons (Fsp3) is 0.511. The quantitative estimate of drug-likeness (QED) is 0.0414. The number of piperazine rings is 1. The van der Waals surface area contributed by atoms with Crippen molar-refractivity contribution < 1.29 is 31.5 Å². The first-order valence-corrected chi connectivity index (χ1v) is 24.8. The molecule has 0 saturated carbocycles. The Labute approximate surface area is 377 Å². The lowest BCUT2D eigenvalue weighted by atomic mass is 9.73. The monoisotopic (exact) mass is 917 g/mol. The molecular formula is C47H66F3N5O4S3. The summed E-state index contributed by atoms with van der Waals surface area (Å²) in [6, 6.07) is 20.2. The van der Waals surface area contributed by atoms with E-state index in [-0.39, 0.29) is 17.2 Å². The van der Waals surface area contributed by atoms with Crippen LogP contribution in [0.15, 0.2) is 112 Å². The third-order valence-corrected chi connectivity index (χ3v) is 14.8. The van der Waals surface area contributed by atoms with Crippen molar-refractivity contribution in [2.24, 2.45) is 5.41 Å². The minimum atomic E-state index is -5.76. The summed E-state index contributed by atoms with van der Waals surface area (Å²) in [6.07, 6.45) is 9.11. The number of sulfone groups is 1. The molecule has 0 spiro atoms. The van der Waals surface area contributed by atoms with Crippen LogP contribution < -0.4 is 14.9 Å². The zero-order chi connectivity index (χ0) is 45.3. The number of nitrogens with one attached hydrogen (secondary N) is 2. The molecule has 1 fully saturated rings. The van der Waals surface area contributed by atoms with Gasteiger partial charge in [-0.25, -0.2) is 8.42 Å². The van der Waals surface area contributed by atoms with Crippen LogP contribution in [0, 0.1) is 5.41 Å². The summed E-state index contributed by atoms with van der Waals surface area (Å²) < 4.78 is 70.7. The van der Waals surface area contributed by atoms with Crippen molar-refractivity contribution in [1.29, 1.82) is 0 Å². The molecule has 9 nitrogen and oxygen atoms in total. The molecule has 3 N–H and O–H groups in total. The number of alkyl halides is 3. The highest BCUT2D eigenvalue weighted by Gasteiger charge is 2.48. The number of likely N-dealkylation sites (N-methyl/N-ethyl adjacent to an activating group) is 1.